The monoisotopic (exact) mass is 247 g/mol. The van der Waals surface area contributed by atoms with Crippen LogP contribution in [-0.2, 0) is 6.42 Å². The maximum absolute atomic E-state index is 13.5. The number of methoxy groups -OCH3 is 1. The molecule has 0 spiro atoms. The molecule has 1 aromatic carbocycles. The second kappa shape index (κ2) is 4.96. The molecule has 1 rings (SSSR count). The van der Waals surface area contributed by atoms with Gasteiger partial charge in [0.2, 0.25) is 0 Å². The molecule has 0 aromatic heterocycles. The third kappa shape index (κ3) is 3.63. The van der Waals surface area contributed by atoms with Crippen molar-refractivity contribution in [3.63, 3.8) is 0 Å². The molecule has 2 N–H and O–H groups in total. The lowest BCUT2D eigenvalue weighted by molar-refractivity contribution is 0.150. The number of hydrogen-bond acceptors (Lipinski definition) is 2. The molecule has 0 aliphatic heterocycles. The van der Waals surface area contributed by atoms with E-state index < -0.39 is 17.8 Å². The zero-order valence-electron chi connectivity index (χ0n) is 10.1. The van der Waals surface area contributed by atoms with Gasteiger partial charge in [-0.15, -0.1) is 0 Å². The largest absolute Gasteiger partial charge is 0.493 e. The molecular formula is C12H16F3NO. The summed E-state index contributed by atoms with van der Waals surface area (Å²) < 4.78 is 43.5. The maximum atomic E-state index is 13.5. The van der Waals surface area contributed by atoms with E-state index in [2.05, 4.69) is 0 Å². The fraction of sp³-hybridized carbons (Fsp3) is 0.500. The fourth-order valence-electron chi connectivity index (χ4n) is 1.65. The van der Waals surface area contributed by atoms with Crippen LogP contribution in [0.25, 0.3) is 0 Å². The van der Waals surface area contributed by atoms with Crippen molar-refractivity contribution >= 4 is 0 Å². The number of halogens is 3. The summed E-state index contributed by atoms with van der Waals surface area (Å²) in [4.78, 5) is 0. The molecule has 0 saturated carbocycles. The quantitative estimate of drug-likeness (QED) is 0.887. The molecule has 1 aromatic rings. The van der Waals surface area contributed by atoms with Crippen LogP contribution in [0.4, 0.5) is 13.2 Å². The molecule has 96 valence electrons. The van der Waals surface area contributed by atoms with E-state index in [-0.39, 0.29) is 17.7 Å². The first-order valence-electron chi connectivity index (χ1n) is 5.18. The van der Waals surface area contributed by atoms with Crippen molar-refractivity contribution in [2.45, 2.75) is 32.2 Å². The Morgan fingerprint density at radius 2 is 1.94 bits per heavy atom. The number of alkyl halides is 2. The molecule has 2 nitrogen and oxygen atoms in total. The summed E-state index contributed by atoms with van der Waals surface area (Å²) in [6.45, 7) is 3.47. The van der Waals surface area contributed by atoms with Gasteiger partial charge in [-0.3, -0.25) is 0 Å². The van der Waals surface area contributed by atoms with Crippen molar-refractivity contribution in [1.82, 2.24) is 0 Å². The number of nitrogens with two attached hydrogens (primary N) is 1. The third-order valence-electron chi connectivity index (χ3n) is 2.25. The average Bonchev–Trinajstić information content (AvgIpc) is 2.14. The highest BCUT2D eigenvalue weighted by Gasteiger charge is 2.20. The summed E-state index contributed by atoms with van der Waals surface area (Å²) in [5.74, 6) is -0.808. The van der Waals surface area contributed by atoms with Gasteiger partial charge in [-0.1, -0.05) is 0 Å². The van der Waals surface area contributed by atoms with Gasteiger partial charge in [-0.2, -0.15) is 0 Å². The van der Waals surface area contributed by atoms with E-state index in [1.54, 1.807) is 13.8 Å². The average molecular weight is 247 g/mol. The van der Waals surface area contributed by atoms with E-state index in [1.165, 1.54) is 13.2 Å². The Bertz CT molecular complexity index is 399. The van der Waals surface area contributed by atoms with Crippen LogP contribution in [0.5, 0.6) is 5.75 Å². The molecule has 17 heavy (non-hydrogen) atoms. The van der Waals surface area contributed by atoms with Crippen LogP contribution in [0.3, 0.4) is 0 Å². The first kappa shape index (κ1) is 13.8. The Hall–Kier alpha value is -1.23. The normalized spacial score (nSPS) is 12.0. The number of ether oxygens (including phenoxy) is 1. The third-order valence-corrected chi connectivity index (χ3v) is 2.25. The zero-order valence-corrected chi connectivity index (χ0v) is 10.1. The molecule has 0 radical (unpaired) electrons. The summed E-state index contributed by atoms with van der Waals surface area (Å²) in [6.07, 6.45) is -2.46. The lowest BCUT2D eigenvalue weighted by atomic mass is 9.94. The van der Waals surface area contributed by atoms with Crippen molar-refractivity contribution in [3.05, 3.63) is 29.1 Å². The maximum Gasteiger partial charge on any atom is 0.263 e. The predicted octanol–water partition coefficient (Wildman–Crippen LogP) is 3.05. The standard InChI is InChI=1S/C12H16F3NO/c1-12(2,16)6-8-4-7(11(14)15)5-9(13)10(8)17-3/h4-5,11H,6,16H2,1-3H3. The van der Waals surface area contributed by atoms with Gasteiger partial charge in [-0.05, 0) is 38.0 Å². The summed E-state index contributed by atoms with van der Waals surface area (Å²) in [5, 5.41) is 0. The summed E-state index contributed by atoms with van der Waals surface area (Å²) in [6, 6.07) is 2.03. The van der Waals surface area contributed by atoms with Crippen molar-refractivity contribution in [1.29, 1.82) is 0 Å². The molecule has 5 heteroatoms. The van der Waals surface area contributed by atoms with Crippen molar-refractivity contribution < 1.29 is 17.9 Å². The van der Waals surface area contributed by atoms with Gasteiger partial charge in [0.15, 0.2) is 11.6 Å². The van der Waals surface area contributed by atoms with Gasteiger partial charge in [0.25, 0.3) is 6.43 Å². The summed E-state index contributed by atoms with van der Waals surface area (Å²) in [5.41, 5.74) is 5.18. The molecule has 0 amide bonds. The molecule has 0 aliphatic carbocycles. The highest BCUT2D eigenvalue weighted by molar-refractivity contribution is 5.40. The van der Waals surface area contributed by atoms with Gasteiger partial charge in [0.1, 0.15) is 0 Å². The number of hydrogen-bond donors (Lipinski definition) is 1. The lowest BCUT2D eigenvalue weighted by Crippen LogP contribution is -2.34. The van der Waals surface area contributed by atoms with Gasteiger partial charge < -0.3 is 10.5 Å². The molecule has 0 saturated heterocycles. The molecule has 0 aliphatic rings. The summed E-state index contributed by atoms with van der Waals surface area (Å²) in [7, 11) is 1.30. The van der Waals surface area contributed by atoms with Crippen LogP contribution in [0.1, 0.15) is 31.4 Å². The minimum absolute atomic E-state index is 0.0204. The van der Waals surface area contributed by atoms with E-state index in [0.717, 1.165) is 6.07 Å². The Kier molecular flexibility index (Phi) is 4.03. The highest BCUT2D eigenvalue weighted by Crippen LogP contribution is 2.31. The second-order valence-electron chi connectivity index (χ2n) is 4.66. The number of rotatable bonds is 4. The van der Waals surface area contributed by atoms with Crippen LogP contribution in [0.2, 0.25) is 0 Å². The molecule has 0 heterocycles. The predicted molar refractivity (Wildman–Crippen MR) is 59.9 cm³/mol. The highest BCUT2D eigenvalue weighted by atomic mass is 19.3. The van der Waals surface area contributed by atoms with E-state index in [1.807, 2.05) is 0 Å². The topological polar surface area (TPSA) is 35.2 Å². The van der Waals surface area contributed by atoms with Crippen LogP contribution in [0, 0.1) is 5.82 Å². The van der Waals surface area contributed by atoms with E-state index in [9.17, 15) is 13.2 Å². The molecule has 0 fully saturated rings. The molecular weight excluding hydrogens is 231 g/mol. The van der Waals surface area contributed by atoms with Crippen LogP contribution >= 0.6 is 0 Å². The van der Waals surface area contributed by atoms with Gasteiger partial charge in [-0.25, -0.2) is 13.2 Å². The molecule has 0 atom stereocenters. The van der Waals surface area contributed by atoms with Crippen LogP contribution in [0.15, 0.2) is 12.1 Å². The minimum Gasteiger partial charge on any atom is -0.493 e. The fourth-order valence-corrected chi connectivity index (χ4v) is 1.65. The molecule has 0 bridgehead atoms. The van der Waals surface area contributed by atoms with E-state index in [4.69, 9.17) is 10.5 Å². The van der Waals surface area contributed by atoms with E-state index >= 15 is 0 Å². The van der Waals surface area contributed by atoms with Crippen molar-refractivity contribution in [3.8, 4) is 5.75 Å². The summed E-state index contributed by atoms with van der Waals surface area (Å²) >= 11 is 0. The Morgan fingerprint density at radius 3 is 2.35 bits per heavy atom. The smallest absolute Gasteiger partial charge is 0.263 e. The van der Waals surface area contributed by atoms with Crippen LogP contribution < -0.4 is 10.5 Å². The Morgan fingerprint density at radius 1 is 1.35 bits per heavy atom. The van der Waals surface area contributed by atoms with Crippen molar-refractivity contribution in [2.75, 3.05) is 7.11 Å². The SMILES string of the molecule is COc1c(F)cc(C(F)F)cc1CC(C)(C)N. The zero-order chi connectivity index (χ0) is 13.2. The van der Waals surface area contributed by atoms with E-state index in [0.29, 0.717) is 5.56 Å². The Balaban J connectivity index is 3.24. The number of benzene rings is 1. The van der Waals surface area contributed by atoms with Gasteiger partial charge >= 0.3 is 0 Å². The Labute approximate surface area is 98.6 Å². The minimum atomic E-state index is -2.71. The van der Waals surface area contributed by atoms with Gasteiger partial charge in [0, 0.05) is 11.1 Å². The van der Waals surface area contributed by atoms with Crippen molar-refractivity contribution in [2.24, 2.45) is 5.73 Å². The first-order chi connectivity index (χ1) is 7.74. The first-order valence-corrected chi connectivity index (χ1v) is 5.18. The second-order valence-corrected chi connectivity index (χ2v) is 4.66. The van der Waals surface area contributed by atoms with Gasteiger partial charge in [0.05, 0.1) is 7.11 Å². The lowest BCUT2D eigenvalue weighted by Gasteiger charge is -2.21. The molecule has 0 unspecified atom stereocenters. The van der Waals surface area contributed by atoms with Crippen LogP contribution in [-0.4, -0.2) is 12.6 Å².